The maximum absolute atomic E-state index is 12.3. The number of hydrogen-bond donors (Lipinski definition) is 2. The highest BCUT2D eigenvalue weighted by Gasteiger charge is 2.13. The van der Waals surface area contributed by atoms with Gasteiger partial charge in [0.05, 0.1) is 35.8 Å². The summed E-state index contributed by atoms with van der Waals surface area (Å²) in [6, 6.07) is 10.2. The van der Waals surface area contributed by atoms with Crippen LogP contribution >= 0.6 is 11.6 Å². The molecule has 3 aromatic rings. The van der Waals surface area contributed by atoms with Gasteiger partial charge in [-0.05, 0) is 12.1 Å². The molecule has 0 saturated carbocycles. The summed E-state index contributed by atoms with van der Waals surface area (Å²) in [6.45, 7) is 0. The van der Waals surface area contributed by atoms with E-state index >= 15 is 0 Å². The Bertz CT molecular complexity index is 1050. The second-order valence-electron chi connectivity index (χ2n) is 5.76. The number of amides is 1. The molecule has 0 aliphatic rings. The van der Waals surface area contributed by atoms with Crippen LogP contribution < -0.4 is 20.3 Å². The summed E-state index contributed by atoms with van der Waals surface area (Å²) in [7, 11) is 2.97. The van der Waals surface area contributed by atoms with E-state index in [1.807, 2.05) is 6.07 Å². The largest absolute Gasteiger partial charge is 0.495 e. The van der Waals surface area contributed by atoms with E-state index in [2.05, 4.69) is 15.3 Å². The van der Waals surface area contributed by atoms with Gasteiger partial charge in [0, 0.05) is 25.0 Å². The molecule has 140 valence electrons. The van der Waals surface area contributed by atoms with Crippen molar-refractivity contribution >= 4 is 34.1 Å². The van der Waals surface area contributed by atoms with Crippen LogP contribution in [0.4, 0.5) is 5.69 Å². The zero-order valence-corrected chi connectivity index (χ0v) is 15.6. The van der Waals surface area contributed by atoms with Gasteiger partial charge in [-0.15, -0.1) is 0 Å². The zero-order valence-electron chi connectivity index (χ0n) is 14.8. The van der Waals surface area contributed by atoms with Crippen molar-refractivity contribution in [3.05, 3.63) is 57.6 Å². The highest BCUT2D eigenvalue weighted by atomic mass is 35.5. The second-order valence-corrected chi connectivity index (χ2v) is 6.17. The predicted molar refractivity (Wildman–Crippen MR) is 104 cm³/mol. The fourth-order valence-corrected chi connectivity index (χ4v) is 2.89. The molecule has 0 atom stereocenters. The molecule has 0 aliphatic carbocycles. The topological polar surface area (TPSA) is 93.3 Å². The van der Waals surface area contributed by atoms with Crippen LogP contribution in [0.25, 0.3) is 10.9 Å². The number of ether oxygens (including phenoxy) is 2. The number of hydrogen-bond acceptors (Lipinski definition) is 5. The molecule has 7 nitrogen and oxygen atoms in total. The number of rotatable bonds is 6. The first kappa shape index (κ1) is 18.7. The molecular weight excluding hydrogens is 370 g/mol. The molecule has 2 aromatic carbocycles. The van der Waals surface area contributed by atoms with Gasteiger partial charge in [0.1, 0.15) is 17.3 Å². The molecule has 2 N–H and O–H groups in total. The first-order valence-corrected chi connectivity index (χ1v) is 8.59. The number of para-hydroxylation sites is 1. The van der Waals surface area contributed by atoms with Crippen LogP contribution in [-0.4, -0.2) is 30.1 Å². The lowest BCUT2D eigenvalue weighted by Crippen LogP contribution is -2.16. The van der Waals surface area contributed by atoms with Crippen LogP contribution in [0.2, 0.25) is 5.02 Å². The quantitative estimate of drug-likeness (QED) is 0.677. The highest BCUT2D eigenvalue weighted by Crippen LogP contribution is 2.35. The van der Waals surface area contributed by atoms with E-state index in [4.69, 9.17) is 21.1 Å². The summed E-state index contributed by atoms with van der Waals surface area (Å²) in [4.78, 5) is 31.5. The lowest BCUT2D eigenvalue weighted by atomic mass is 10.2. The molecule has 0 fully saturated rings. The Kier molecular flexibility index (Phi) is 5.61. The lowest BCUT2D eigenvalue weighted by Gasteiger charge is -2.13. The Labute approximate surface area is 160 Å². The van der Waals surface area contributed by atoms with Crippen molar-refractivity contribution in [3.8, 4) is 11.5 Å². The Morgan fingerprint density at radius 3 is 2.67 bits per heavy atom. The van der Waals surface area contributed by atoms with Gasteiger partial charge in [0.15, 0.2) is 0 Å². The molecule has 0 radical (unpaired) electrons. The van der Waals surface area contributed by atoms with Gasteiger partial charge >= 0.3 is 0 Å². The summed E-state index contributed by atoms with van der Waals surface area (Å²) in [5.41, 5.74) is 0.824. The third-order valence-corrected chi connectivity index (χ3v) is 4.29. The highest BCUT2D eigenvalue weighted by molar-refractivity contribution is 6.32. The summed E-state index contributed by atoms with van der Waals surface area (Å²) in [6.07, 6.45) is 0.425. The lowest BCUT2D eigenvalue weighted by molar-refractivity contribution is -0.116. The Balaban J connectivity index is 1.73. The smallest absolute Gasteiger partial charge is 0.258 e. The molecule has 0 saturated heterocycles. The number of fused-ring (bicyclic) bond motifs is 1. The van der Waals surface area contributed by atoms with Crippen LogP contribution in [0.5, 0.6) is 11.5 Å². The molecule has 1 amide bonds. The maximum atomic E-state index is 12.3. The van der Waals surface area contributed by atoms with Crippen molar-refractivity contribution in [2.75, 3.05) is 19.5 Å². The first-order chi connectivity index (χ1) is 13.0. The van der Waals surface area contributed by atoms with E-state index in [1.54, 1.807) is 30.3 Å². The van der Waals surface area contributed by atoms with Crippen molar-refractivity contribution < 1.29 is 14.3 Å². The molecule has 3 rings (SSSR count). The number of benzene rings is 2. The number of methoxy groups -OCH3 is 2. The summed E-state index contributed by atoms with van der Waals surface area (Å²) >= 11 is 6.06. The molecule has 27 heavy (non-hydrogen) atoms. The van der Waals surface area contributed by atoms with Gasteiger partial charge in [0.2, 0.25) is 5.91 Å². The van der Waals surface area contributed by atoms with Crippen molar-refractivity contribution in [2.45, 2.75) is 12.8 Å². The van der Waals surface area contributed by atoms with Crippen LogP contribution in [-0.2, 0) is 11.2 Å². The first-order valence-electron chi connectivity index (χ1n) is 8.21. The average molecular weight is 388 g/mol. The van der Waals surface area contributed by atoms with Gasteiger partial charge in [0.25, 0.3) is 5.56 Å². The monoisotopic (exact) mass is 387 g/mol. The summed E-state index contributed by atoms with van der Waals surface area (Å²) in [5, 5.41) is 3.66. The zero-order chi connectivity index (χ0) is 19.4. The van der Waals surface area contributed by atoms with Crippen LogP contribution in [0, 0.1) is 0 Å². The number of aryl methyl sites for hydroxylation is 1. The number of carbonyl (C=O) groups excluding carboxylic acids is 1. The number of carbonyl (C=O) groups is 1. The minimum atomic E-state index is -0.256. The van der Waals surface area contributed by atoms with Gasteiger partial charge in [-0.3, -0.25) is 9.59 Å². The van der Waals surface area contributed by atoms with E-state index in [0.717, 1.165) is 0 Å². The number of halogens is 1. The van der Waals surface area contributed by atoms with Crippen molar-refractivity contribution in [3.63, 3.8) is 0 Å². The van der Waals surface area contributed by atoms with Crippen LogP contribution in [0.1, 0.15) is 12.2 Å². The third kappa shape index (κ3) is 4.20. The van der Waals surface area contributed by atoms with E-state index in [-0.39, 0.29) is 17.9 Å². The predicted octanol–water partition coefficient (Wildman–Crippen LogP) is 3.17. The maximum Gasteiger partial charge on any atom is 0.258 e. The van der Waals surface area contributed by atoms with E-state index in [1.165, 1.54) is 14.2 Å². The number of anilines is 1. The van der Waals surface area contributed by atoms with E-state index in [9.17, 15) is 9.59 Å². The molecule has 8 heteroatoms. The SMILES string of the molecule is COc1cc(NC(=O)CCc2nc3ccccc3c(=O)[nH]2)c(OC)cc1Cl. The molecule has 0 bridgehead atoms. The second kappa shape index (κ2) is 8.09. The Morgan fingerprint density at radius 2 is 1.93 bits per heavy atom. The fraction of sp³-hybridized carbons (Fsp3) is 0.211. The van der Waals surface area contributed by atoms with Crippen LogP contribution in [0.15, 0.2) is 41.2 Å². The van der Waals surface area contributed by atoms with Crippen LogP contribution in [0.3, 0.4) is 0 Å². The molecule has 1 heterocycles. The molecule has 0 aliphatic heterocycles. The molecule has 0 unspecified atom stereocenters. The fourth-order valence-electron chi connectivity index (χ4n) is 2.66. The Hall–Kier alpha value is -3.06. The molecule has 0 spiro atoms. The van der Waals surface area contributed by atoms with E-state index in [0.29, 0.717) is 45.4 Å². The standard InChI is InChI=1S/C19H18ClN3O4/c1-26-15-10-14(16(27-2)9-12(15)20)22-18(24)8-7-17-21-13-6-4-3-5-11(13)19(25)23-17/h3-6,9-10H,7-8H2,1-2H3,(H,22,24)(H,21,23,25). The number of nitrogens with zero attached hydrogens (tertiary/aromatic N) is 1. The molecule has 1 aromatic heterocycles. The minimum absolute atomic E-state index is 0.134. The molecular formula is C19H18ClN3O4. The average Bonchev–Trinajstić information content (AvgIpc) is 2.67. The van der Waals surface area contributed by atoms with Gasteiger partial charge in [-0.2, -0.15) is 0 Å². The van der Waals surface area contributed by atoms with Crippen molar-refractivity contribution in [1.29, 1.82) is 0 Å². The van der Waals surface area contributed by atoms with Crippen molar-refractivity contribution in [1.82, 2.24) is 9.97 Å². The minimum Gasteiger partial charge on any atom is -0.495 e. The van der Waals surface area contributed by atoms with Gasteiger partial charge < -0.3 is 19.8 Å². The number of H-pyrrole nitrogens is 1. The number of nitrogens with one attached hydrogen (secondary N) is 2. The van der Waals surface area contributed by atoms with Crippen molar-refractivity contribution in [2.24, 2.45) is 0 Å². The van der Waals surface area contributed by atoms with Gasteiger partial charge in [-0.25, -0.2) is 4.98 Å². The third-order valence-electron chi connectivity index (χ3n) is 4.00. The normalized spacial score (nSPS) is 10.6. The Morgan fingerprint density at radius 1 is 1.19 bits per heavy atom. The number of aromatic amines is 1. The van der Waals surface area contributed by atoms with E-state index < -0.39 is 0 Å². The van der Waals surface area contributed by atoms with Gasteiger partial charge in [-0.1, -0.05) is 23.7 Å². The summed E-state index contributed by atoms with van der Waals surface area (Å²) in [5.74, 6) is 1.04. The number of aromatic nitrogens is 2. The summed E-state index contributed by atoms with van der Waals surface area (Å²) < 4.78 is 10.4.